The summed E-state index contributed by atoms with van der Waals surface area (Å²) in [5, 5.41) is 3.13. The van der Waals surface area contributed by atoms with Gasteiger partial charge in [-0.1, -0.05) is 55.2 Å². The zero-order valence-electron chi connectivity index (χ0n) is 17.8. The van der Waals surface area contributed by atoms with E-state index in [9.17, 15) is 9.59 Å². The number of carbonyl (C=O) groups excluding carboxylic acids is 2. The molecule has 2 aliphatic rings. The number of rotatable bonds is 5. The second-order valence-electron chi connectivity index (χ2n) is 8.49. The van der Waals surface area contributed by atoms with Crippen LogP contribution in [0.5, 0.6) is 0 Å². The second-order valence-corrected chi connectivity index (χ2v) is 8.49. The quantitative estimate of drug-likeness (QED) is 0.794. The summed E-state index contributed by atoms with van der Waals surface area (Å²) in [5.74, 6) is -0.420. The van der Waals surface area contributed by atoms with E-state index in [1.165, 1.54) is 0 Å². The van der Waals surface area contributed by atoms with Crippen LogP contribution in [0.1, 0.15) is 59.5 Å². The molecule has 1 fully saturated rings. The van der Waals surface area contributed by atoms with Crippen LogP contribution in [-0.4, -0.2) is 42.5 Å². The van der Waals surface area contributed by atoms with E-state index in [0.717, 1.165) is 48.9 Å². The van der Waals surface area contributed by atoms with E-state index >= 15 is 0 Å². The van der Waals surface area contributed by atoms with Crippen molar-refractivity contribution in [3.63, 3.8) is 0 Å². The number of nitrogens with one attached hydrogen (secondary N) is 1. The molecule has 1 N–H and O–H groups in total. The molecule has 30 heavy (non-hydrogen) atoms. The Morgan fingerprint density at radius 2 is 1.80 bits per heavy atom. The number of benzene rings is 2. The van der Waals surface area contributed by atoms with Gasteiger partial charge in [0.15, 0.2) is 0 Å². The zero-order chi connectivity index (χ0) is 21.1. The van der Waals surface area contributed by atoms with Crippen LogP contribution < -0.4 is 5.32 Å². The van der Waals surface area contributed by atoms with E-state index < -0.39 is 11.5 Å². The highest BCUT2D eigenvalue weighted by atomic mass is 16.5. The highest BCUT2D eigenvalue weighted by Crippen LogP contribution is 2.49. The van der Waals surface area contributed by atoms with E-state index in [2.05, 4.69) is 5.32 Å². The molecule has 2 aromatic rings. The number of ether oxygens (including phenoxy) is 1. The fourth-order valence-corrected chi connectivity index (χ4v) is 5.20. The molecule has 4 rings (SSSR count). The summed E-state index contributed by atoms with van der Waals surface area (Å²) in [6.45, 7) is 2.99. The van der Waals surface area contributed by atoms with Crippen molar-refractivity contribution in [3.05, 3.63) is 65.2 Å². The predicted molar refractivity (Wildman–Crippen MR) is 118 cm³/mol. The minimum atomic E-state index is -0.503. The molecule has 0 saturated heterocycles. The number of aryl methyl sites for hydroxylation is 1. The average Bonchev–Trinajstić information content (AvgIpc) is 2.76. The molecule has 5 heteroatoms. The van der Waals surface area contributed by atoms with E-state index in [-0.39, 0.29) is 11.8 Å². The fraction of sp³-hybridized carbons (Fsp3) is 0.440. The maximum absolute atomic E-state index is 13.7. The molecule has 0 bridgehead atoms. The average molecular weight is 407 g/mol. The lowest BCUT2D eigenvalue weighted by molar-refractivity contribution is -0.122. The highest BCUT2D eigenvalue weighted by molar-refractivity contribution is 6.05. The van der Waals surface area contributed by atoms with Crippen molar-refractivity contribution in [1.82, 2.24) is 4.90 Å². The Morgan fingerprint density at radius 3 is 2.50 bits per heavy atom. The lowest BCUT2D eigenvalue weighted by Gasteiger charge is -2.53. The van der Waals surface area contributed by atoms with Gasteiger partial charge in [-0.25, -0.2) is 0 Å². The second kappa shape index (κ2) is 8.60. The first-order valence-corrected chi connectivity index (χ1v) is 10.8. The predicted octanol–water partition coefficient (Wildman–Crippen LogP) is 4.52. The van der Waals surface area contributed by atoms with Crippen molar-refractivity contribution in [2.24, 2.45) is 0 Å². The van der Waals surface area contributed by atoms with Crippen LogP contribution in [0.3, 0.4) is 0 Å². The van der Waals surface area contributed by atoms with Gasteiger partial charge in [0.1, 0.15) is 0 Å². The molecule has 1 spiro atoms. The number of methoxy groups -OCH3 is 1. The molecule has 0 unspecified atom stereocenters. The summed E-state index contributed by atoms with van der Waals surface area (Å²) < 4.78 is 5.32. The molecule has 1 saturated carbocycles. The molecule has 158 valence electrons. The van der Waals surface area contributed by atoms with Crippen molar-refractivity contribution >= 4 is 17.5 Å². The summed E-state index contributed by atoms with van der Waals surface area (Å²) in [7, 11) is 1.65. The number of hydrogen-bond acceptors (Lipinski definition) is 3. The minimum absolute atomic E-state index is 0.0175. The Labute approximate surface area is 178 Å². The first kappa shape index (κ1) is 20.6. The zero-order valence-corrected chi connectivity index (χ0v) is 17.8. The number of nitrogens with zero attached hydrogens (tertiary/aromatic N) is 1. The van der Waals surface area contributed by atoms with Gasteiger partial charge in [0.05, 0.1) is 18.1 Å². The Morgan fingerprint density at radius 1 is 1.10 bits per heavy atom. The van der Waals surface area contributed by atoms with Crippen LogP contribution in [0.15, 0.2) is 48.5 Å². The van der Waals surface area contributed by atoms with Gasteiger partial charge in [-0.15, -0.1) is 0 Å². The summed E-state index contributed by atoms with van der Waals surface area (Å²) in [4.78, 5) is 29.2. The summed E-state index contributed by atoms with van der Waals surface area (Å²) in [5.41, 5.74) is 2.92. The van der Waals surface area contributed by atoms with Gasteiger partial charge in [0.2, 0.25) is 5.91 Å². The van der Waals surface area contributed by atoms with Crippen LogP contribution in [0, 0.1) is 6.92 Å². The maximum atomic E-state index is 13.7. The monoisotopic (exact) mass is 406 g/mol. The summed E-state index contributed by atoms with van der Waals surface area (Å²) in [6, 6.07) is 15.5. The van der Waals surface area contributed by atoms with Crippen molar-refractivity contribution in [2.45, 2.75) is 50.5 Å². The third-order valence-electron chi connectivity index (χ3n) is 6.64. The van der Waals surface area contributed by atoms with Gasteiger partial charge >= 0.3 is 0 Å². The highest BCUT2D eigenvalue weighted by Gasteiger charge is 2.54. The Balaban J connectivity index is 1.79. The van der Waals surface area contributed by atoms with E-state index in [1.807, 2.05) is 60.4 Å². The first-order valence-electron chi connectivity index (χ1n) is 10.8. The molecular formula is C25H30N2O3. The van der Waals surface area contributed by atoms with Gasteiger partial charge in [0, 0.05) is 24.9 Å². The van der Waals surface area contributed by atoms with Gasteiger partial charge in [-0.3, -0.25) is 9.59 Å². The van der Waals surface area contributed by atoms with Crippen LogP contribution in [0.2, 0.25) is 0 Å². The molecular weight excluding hydrogens is 376 g/mol. The number of fused-ring (bicyclic) bond motifs is 1. The number of amides is 2. The molecule has 2 amide bonds. The smallest absolute Gasteiger partial charge is 0.254 e. The van der Waals surface area contributed by atoms with Gasteiger partial charge in [0.25, 0.3) is 5.91 Å². The van der Waals surface area contributed by atoms with E-state index in [0.29, 0.717) is 18.7 Å². The SMILES string of the molecule is COCCN1C(=O)c2ccccc2[C@@H](C(=O)Nc2ccc(C)cc2)C12CCCCC2. The van der Waals surface area contributed by atoms with Gasteiger partial charge in [-0.2, -0.15) is 0 Å². The molecule has 1 atom stereocenters. The lowest BCUT2D eigenvalue weighted by Crippen LogP contribution is -2.62. The Hall–Kier alpha value is -2.66. The van der Waals surface area contributed by atoms with Crippen LogP contribution >= 0.6 is 0 Å². The topological polar surface area (TPSA) is 58.6 Å². The van der Waals surface area contributed by atoms with Gasteiger partial charge in [-0.05, 0) is 43.5 Å². The van der Waals surface area contributed by atoms with Crippen molar-refractivity contribution in [3.8, 4) is 0 Å². The number of hydrogen-bond donors (Lipinski definition) is 1. The van der Waals surface area contributed by atoms with Gasteiger partial charge < -0.3 is 15.0 Å². The van der Waals surface area contributed by atoms with Crippen LogP contribution in [0.4, 0.5) is 5.69 Å². The molecule has 0 aromatic heterocycles. The third kappa shape index (κ3) is 3.63. The third-order valence-corrected chi connectivity index (χ3v) is 6.64. The van der Waals surface area contributed by atoms with Crippen LogP contribution in [-0.2, 0) is 9.53 Å². The molecule has 5 nitrogen and oxygen atoms in total. The first-order chi connectivity index (χ1) is 14.6. The lowest BCUT2D eigenvalue weighted by atomic mass is 9.65. The van der Waals surface area contributed by atoms with Crippen LogP contribution in [0.25, 0.3) is 0 Å². The Kier molecular flexibility index (Phi) is 5.91. The van der Waals surface area contributed by atoms with Crippen molar-refractivity contribution < 1.29 is 14.3 Å². The molecule has 1 aliphatic heterocycles. The number of anilines is 1. The largest absolute Gasteiger partial charge is 0.383 e. The maximum Gasteiger partial charge on any atom is 0.254 e. The molecule has 1 heterocycles. The normalized spacial score (nSPS) is 20.1. The summed E-state index contributed by atoms with van der Waals surface area (Å²) >= 11 is 0. The standard InChI is InChI=1S/C25H30N2O3/c1-18-10-12-19(13-11-18)26-23(28)22-20-8-4-5-9-21(20)24(29)27(16-17-30-2)25(22)14-6-3-7-15-25/h4-5,8-13,22H,3,6-7,14-17H2,1-2H3,(H,26,28)/t22-/m0/s1. The van der Waals surface area contributed by atoms with Crippen molar-refractivity contribution in [2.75, 3.05) is 25.6 Å². The fourth-order valence-electron chi connectivity index (χ4n) is 5.20. The molecule has 2 aromatic carbocycles. The van der Waals surface area contributed by atoms with E-state index in [4.69, 9.17) is 4.74 Å². The minimum Gasteiger partial charge on any atom is -0.383 e. The van der Waals surface area contributed by atoms with Crippen molar-refractivity contribution in [1.29, 1.82) is 0 Å². The molecule has 1 aliphatic carbocycles. The van der Waals surface area contributed by atoms with E-state index in [1.54, 1.807) is 7.11 Å². The Bertz CT molecular complexity index is 916. The number of carbonyl (C=O) groups is 2. The summed E-state index contributed by atoms with van der Waals surface area (Å²) in [6.07, 6.45) is 4.86. The molecule has 0 radical (unpaired) electrons.